The van der Waals surface area contributed by atoms with Crippen LogP contribution in [0.1, 0.15) is 18.7 Å². The molecule has 1 amide bonds. The minimum Gasteiger partial charge on any atom is -0.369 e. The molecule has 1 aromatic heterocycles. The number of aromatic nitrogens is 2. The van der Waals surface area contributed by atoms with Gasteiger partial charge in [-0.2, -0.15) is 0 Å². The average Bonchev–Trinajstić information content (AvgIpc) is 2.78. The normalized spacial score (nSPS) is 20.2. The molecular weight excluding hydrogens is 220 g/mol. The van der Waals surface area contributed by atoms with Crippen molar-refractivity contribution in [3.05, 3.63) is 18.2 Å². The van der Waals surface area contributed by atoms with Gasteiger partial charge in [0.2, 0.25) is 5.91 Å². The molecule has 6 nitrogen and oxygen atoms in total. The first-order valence-corrected chi connectivity index (χ1v) is 5.90. The summed E-state index contributed by atoms with van der Waals surface area (Å²) in [7, 11) is 0. The van der Waals surface area contributed by atoms with Crippen LogP contribution in [0.5, 0.6) is 0 Å². The van der Waals surface area contributed by atoms with Crippen molar-refractivity contribution in [1.82, 2.24) is 20.2 Å². The lowest BCUT2D eigenvalue weighted by Crippen LogP contribution is -2.35. The van der Waals surface area contributed by atoms with Gasteiger partial charge in [0, 0.05) is 19.6 Å². The molecule has 0 aromatic carbocycles. The first kappa shape index (κ1) is 12.1. The van der Waals surface area contributed by atoms with Crippen molar-refractivity contribution < 1.29 is 9.53 Å². The maximum atomic E-state index is 11.5. The number of nitrogens with one attached hydrogen (secondary N) is 2. The molecule has 2 heterocycles. The third-order valence-corrected chi connectivity index (χ3v) is 2.69. The summed E-state index contributed by atoms with van der Waals surface area (Å²) >= 11 is 0. The molecule has 1 aliphatic heterocycles. The SMILES string of the molecule is CCNC(=O)Cn1cncc1C1CNCCO1. The van der Waals surface area contributed by atoms with Crippen LogP contribution in [-0.2, 0) is 16.1 Å². The maximum absolute atomic E-state index is 11.5. The lowest BCUT2D eigenvalue weighted by Gasteiger charge is -2.24. The summed E-state index contributed by atoms with van der Waals surface area (Å²) < 4.78 is 7.49. The van der Waals surface area contributed by atoms with Crippen molar-refractivity contribution in [3.63, 3.8) is 0 Å². The van der Waals surface area contributed by atoms with Gasteiger partial charge < -0.3 is 19.9 Å². The van der Waals surface area contributed by atoms with E-state index in [0.717, 1.165) is 18.8 Å². The van der Waals surface area contributed by atoms with E-state index in [0.29, 0.717) is 19.7 Å². The van der Waals surface area contributed by atoms with Crippen LogP contribution in [0.15, 0.2) is 12.5 Å². The maximum Gasteiger partial charge on any atom is 0.239 e. The monoisotopic (exact) mass is 238 g/mol. The Morgan fingerprint density at radius 2 is 2.65 bits per heavy atom. The molecule has 1 fully saturated rings. The van der Waals surface area contributed by atoms with Gasteiger partial charge in [0.25, 0.3) is 0 Å². The molecule has 0 aliphatic carbocycles. The number of ether oxygens (including phenoxy) is 1. The fourth-order valence-electron chi connectivity index (χ4n) is 1.89. The lowest BCUT2D eigenvalue weighted by molar-refractivity contribution is -0.121. The molecule has 2 rings (SSSR count). The zero-order chi connectivity index (χ0) is 12.1. The standard InChI is InChI=1S/C11H18N4O2/c1-2-14-11(16)7-15-8-13-5-9(15)10-6-12-3-4-17-10/h5,8,10,12H,2-4,6-7H2,1H3,(H,14,16). The van der Waals surface area contributed by atoms with E-state index in [2.05, 4.69) is 15.6 Å². The predicted molar refractivity (Wildman–Crippen MR) is 62.5 cm³/mol. The largest absolute Gasteiger partial charge is 0.369 e. The zero-order valence-electron chi connectivity index (χ0n) is 9.98. The Bertz CT molecular complexity index is 371. The molecule has 1 saturated heterocycles. The van der Waals surface area contributed by atoms with Gasteiger partial charge in [0.05, 0.1) is 24.8 Å². The van der Waals surface area contributed by atoms with Gasteiger partial charge in [-0.3, -0.25) is 4.79 Å². The first-order valence-electron chi connectivity index (χ1n) is 5.90. The molecular formula is C11H18N4O2. The Balaban J connectivity index is 2.02. The Hall–Kier alpha value is -1.40. The first-order chi connectivity index (χ1) is 8.31. The fraction of sp³-hybridized carbons (Fsp3) is 0.636. The van der Waals surface area contributed by atoms with Crippen molar-refractivity contribution in [2.45, 2.75) is 19.6 Å². The van der Waals surface area contributed by atoms with Crippen LogP contribution in [-0.4, -0.2) is 41.7 Å². The number of imidazole rings is 1. The van der Waals surface area contributed by atoms with Crippen LogP contribution in [0.25, 0.3) is 0 Å². The van der Waals surface area contributed by atoms with Crippen molar-refractivity contribution in [1.29, 1.82) is 0 Å². The van der Waals surface area contributed by atoms with Gasteiger partial charge in [0.1, 0.15) is 12.6 Å². The van der Waals surface area contributed by atoms with Gasteiger partial charge in [-0.05, 0) is 6.92 Å². The Morgan fingerprint density at radius 1 is 1.76 bits per heavy atom. The van der Waals surface area contributed by atoms with E-state index in [1.807, 2.05) is 11.5 Å². The molecule has 1 atom stereocenters. The summed E-state index contributed by atoms with van der Waals surface area (Å²) in [6.07, 6.45) is 3.42. The number of hydrogen-bond donors (Lipinski definition) is 2. The van der Waals surface area contributed by atoms with Gasteiger partial charge >= 0.3 is 0 Å². The van der Waals surface area contributed by atoms with E-state index in [9.17, 15) is 4.79 Å². The van der Waals surface area contributed by atoms with Crippen molar-refractivity contribution in [2.24, 2.45) is 0 Å². The molecule has 1 aliphatic rings. The van der Waals surface area contributed by atoms with Crippen molar-refractivity contribution >= 4 is 5.91 Å². The minimum absolute atomic E-state index is 0.00415. The van der Waals surface area contributed by atoms with Crippen LogP contribution < -0.4 is 10.6 Å². The van der Waals surface area contributed by atoms with Crippen LogP contribution in [0.2, 0.25) is 0 Å². The molecule has 0 spiro atoms. The highest BCUT2D eigenvalue weighted by Gasteiger charge is 2.20. The van der Waals surface area contributed by atoms with Crippen LogP contribution in [0.3, 0.4) is 0 Å². The summed E-state index contributed by atoms with van der Waals surface area (Å²) in [5, 5.41) is 6.03. The highest BCUT2D eigenvalue weighted by Crippen LogP contribution is 2.17. The van der Waals surface area contributed by atoms with Crippen LogP contribution in [0.4, 0.5) is 0 Å². The van der Waals surface area contributed by atoms with E-state index in [1.165, 1.54) is 0 Å². The number of carbonyl (C=O) groups excluding carboxylic acids is 1. The Kier molecular flexibility index (Phi) is 4.11. The summed E-state index contributed by atoms with van der Waals surface area (Å²) in [5.74, 6) is -0.00415. The molecule has 6 heteroatoms. The number of morpholine rings is 1. The van der Waals surface area contributed by atoms with Gasteiger partial charge in [0.15, 0.2) is 0 Å². The number of rotatable bonds is 4. The van der Waals surface area contributed by atoms with Crippen molar-refractivity contribution in [2.75, 3.05) is 26.2 Å². The number of amides is 1. The molecule has 1 unspecified atom stereocenters. The summed E-state index contributed by atoms with van der Waals surface area (Å²) in [6, 6.07) is 0. The highest BCUT2D eigenvalue weighted by molar-refractivity contribution is 5.75. The van der Waals surface area contributed by atoms with Gasteiger partial charge in [-0.15, -0.1) is 0 Å². The van der Waals surface area contributed by atoms with Gasteiger partial charge in [-0.25, -0.2) is 4.98 Å². The zero-order valence-corrected chi connectivity index (χ0v) is 9.98. The van der Waals surface area contributed by atoms with Crippen LogP contribution >= 0.6 is 0 Å². The van der Waals surface area contributed by atoms with Crippen molar-refractivity contribution in [3.8, 4) is 0 Å². The second kappa shape index (κ2) is 5.79. The summed E-state index contributed by atoms with van der Waals surface area (Å²) in [6.45, 7) is 5.17. The molecule has 1 aromatic rings. The lowest BCUT2D eigenvalue weighted by atomic mass is 10.2. The predicted octanol–water partition coefficient (Wildman–Crippen LogP) is -0.320. The van der Waals surface area contributed by atoms with Crippen LogP contribution in [0, 0.1) is 0 Å². The van der Waals surface area contributed by atoms with E-state index < -0.39 is 0 Å². The number of likely N-dealkylation sites (N-methyl/N-ethyl adjacent to an activating group) is 1. The fourth-order valence-corrected chi connectivity index (χ4v) is 1.89. The molecule has 0 saturated carbocycles. The molecule has 2 N–H and O–H groups in total. The number of nitrogens with zero attached hydrogens (tertiary/aromatic N) is 2. The van der Waals surface area contributed by atoms with E-state index in [1.54, 1.807) is 12.5 Å². The topological polar surface area (TPSA) is 68.2 Å². The molecule has 17 heavy (non-hydrogen) atoms. The second-order valence-electron chi connectivity index (χ2n) is 3.96. The second-order valence-corrected chi connectivity index (χ2v) is 3.96. The third-order valence-electron chi connectivity index (χ3n) is 2.69. The molecule has 0 radical (unpaired) electrons. The Labute approximate surface area is 100 Å². The average molecular weight is 238 g/mol. The smallest absolute Gasteiger partial charge is 0.239 e. The highest BCUT2D eigenvalue weighted by atomic mass is 16.5. The van der Waals surface area contributed by atoms with Gasteiger partial charge in [-0.1, -0.05) is 0 Å². The number of carbonyl (C=O) groups is 1. The van der Waals surface area contributed by atoms with E-state index in [-0.39, 0.29) is 12.0 Å². The summed E-state index contributed by atoms with van der Waals surface area (Å²) in [5.41, 5.74) is 0.948. The molecule has 94 valence electrons. The van der Waals surface area contributed by atoms with E-state index in [4.69, 9.17) is 4.74 Å². The molecule has 0 bridgehead atoms. The quantitative estimate of drug-likeness (QED) is 0.754. The number of hydrogen-bond acceptors (Lipinski definition) is 4. The Morgan fingerprint density at radius 3 is 3.35 bits per heavy atom. The minimum atomic E-state index is -0.0133. The summed E-state index contributed by atoms with van der Waals surface area (Å²) in [4.78, 5) is 15.6. The third kappa shape index (κ3) is 3.04. The van der Waals surface area contributed by atoms with E-state index >= 15 is 0 Å².